The predicted molar refractivity (Wildman–Crippen MR) is 76.9 cm³/mol. The summed E-state index contributed by atoms with van der Waals surface area (Å²) >= 11 is 0. The number of hydrogen-bond donors (Lipinski definition) is 1. The highest BCUT2D eigenvalue weighted by molar-refractivity contribution is 7.93. The molecule has 0 radical (unpaired) electrons. The molecule has 0 saturated heterocycles. The number of anilines is 1. The number of rotatable bonds is 3. The summed E-state index contributed by atoms with van der Waals surface area (Å²) < 4.78 is 25.6. The van der Waals surface area contributed by atoms with Crippen LogP contribution in [0.15, 0.2) is 59.5 Å². The fraction of sp³-hybridized carbons (Fsp3) is 0.0714. The van der Waals surface area contributed by atoms with Gasteiger partial charge in [0, 0.05) is 0 Å². The van der Waals surface area contributed by atoms with E-state index in [2.05, 4.69) is 0 Å². The Morgan fingerprint density at radius 3 is 2.05 bits per heavy atom. The molecule has 0 aliphatic heterocycles. The number of hydrogen-bond acceptors (Lipinski definition) is 3. The molecule has 0 fully saturated rings. The van der Waals surface area contributed by atoms with Crippen LogP contribution in [0, 0.1) is 6.92 Å². The lowest BCUT2D eigenvalue weighted by Gasteiger charge is -2.20. The van der Waals surface area contributed by atoms with Crippen LogP contribution in [0.2, 0.25) is 0 Å². The van der Waals surface area contributed by atoms with Crippen LogP contribution in [-0.2, 0) is 10.0 Å². The Morgan fingerprint density at radius 2 is 1.55 bits per heavy atom. The Labute approximate surface area is 117 Å². The summed E-state index contributed by atoms with van der Waals surface area (Å²) in [4.78, 5) is 11.6. The standard InChI is InChI=1S/C14H14N2O3S/c1-11-7-9-13(10-8-11)20(18,19)16(14(15)17)12-5-3-2-4-6-12/h2-10H,1H3,(H2,15,17). The summed E-state index contributed by atoms with van der Waals surface area (Å²) in [6.07, 6.45) is 0. The van der Waals surface area contributed by atoms with E-state index in [1.165, 1.54) is 24.3 Å². The molecular formula is C14H14N2O3S. The van der Waals surface area contributed by atoms with Gasteiger partial charge in [-0.3, -0.25) is 0 Å². The molecule has 6 heteroatoms. The summed E-state index contributed by atoms with van der Waals surface area (Å²) in [6, 6.07) is 13.2. The first-order valence-electron chi connectivity index (χ1n) is 5.89. The number of sulfonamides is 1. The molecule has 0 unspecified atom stereocenters. The Kier molecular flexibility index (Phi) is 3.76. The van der Waals surface area contributed by atoms with Crippen molar-refractivity contribution in [2.45, 2.75) is 11.8 Å². The fourth-order valence-electron chi connectivity index (χ4n) is 1.76. The van der Waals surface area contributed by atoms with Gasteiger partial charge in [-0.05, 0) is 31.2 Å². The summed E-state index contributed by atoms with van der Waals surface area (Å²) in [6.45, 7) is 1.85. The van der Waals surface area contributed by atoms with Gasteiger partial charge in [0.25, 0.3) is 10.0 Å². The van der Waals surface area contributed by atoms with Crippen molar-refractivity contribution in [1.29, 1.82) is 0 Å². The maximum Gasteiger partial charge on any atom is 0.333 e. The molecule has 2 N–H and O–H groups in total. The maximum atomic E-state index is 12.5. The van der Waals surface area contributed by atoms with Crippen LogP contribution in [0.3, 0.4) is 0 Å². The van der Waals surface area contributed by atoms with Gasteiger partial charge in [0.1, 0.15) is 0 Å². The number of carbonyl (C=O) groups excluding carboxylic acids is 1. The quantitative estimate of drug-likeness (QED) is 0.941. The second-order valence-electron chi connectivity index (χ2n) is 4.26. The average molecular weight is 290 g/mol. The van der Waals surface area contributed by atoms with Gasteiger partial charge in [-0.25, -0.2) is 13.2 Å². The lowest BCUT2D eigenvalue weighted by Crippen LogP contribution is -2.40. The molecule has 0 aliphatic rings. The normalized spacial score (nSPS) is 11.1. The van der Waals surface area contributed by atoms with E-state index in [0.717, 1.165) is 5.56 Å². The summed E-state index contributed by atoms with van der Waals surface area (Å²) in [5.74, 6) is 0. The minimum atomic E-state index is -4.01. The van der Waals surface area contributed by atoms with Crippen LogP contribution in [0.1, 0.15) is 5.56 Å². The molecule has 0 atom stereocenters. The molecule has 0 spiro atoms. The van der Waals surface area contributed by atoms with Crippen molar-refractivity contribution in [2.24, 2.45) is 5.73 Å². The van der Waals surface area contributed by atoms with E-state index in [1.807, 2.05) is 6.92 Å². The highest BCUT2D eigenvalue weighted by atomic mass is 32.2. The van der Waals surface area contributed by atoms with Crippen LogP contribution in [-0.4, -0.2) is 14.4 Å². The Bertz CT molecular complexity index is 710. The predicted octanol–water partition coefficient (Wildman–Crippen LogP) is 2.27. The molecule has 2 aromatic rings. The first-order valence-corrected chi connectivity index (χ1v) is 7.33. The first-order chi connectivity index (χ1) is 9.43. The minimum Gasteiger partial charge on any atom is -0.350 e. The van der Waals surface area contributed by atoms with E-state index in [0.29, 0.717) is 4.31 Å². The van der Waals surface area contributed by atoms with E-state index >= 15 is 0 Å². The highest BCUT2D eigenvalue weighted by Crippen LogP contribution is 2.23. The molecule has 2 aromatic carbocycles. The van der Waals surface area contributed by atoms with Crippen molar-refractivity contribution in [3.05, 3.63) is 60.2 Å². The van der Waals surface area contributed by atoms with Crippen LogP contribution in [0.5, 0.6) is 0 Å². The Balaban J connectivity index is 2.54. The van der Waals surface area contributed by atoms with Crippen molar-refractivity contribution >= 4 is 21.7 Å². The molecule has 20 heavy (non-hydrogen) atoms. The van der Waals surface area contributed by atoms with Crippen LogP contribution in [0.25, 0.3) is 0 Å². The van der Waals surface area contributed by atoms with Crippen LogP contribution < -0.4 is 10.0 Å². The number of urea groups is 1. The fourth-order valence-corrected chi connectivity index (χ4v) is 3.09. The van der Waals surface area contributed by atoms with Gasteiger partial charge in [0.15, 0.2) is 0 Å². The average Bonchev–Trinajstić information content (AvgIpc) is 2.39. The molecule has 0 saturated carbocycles. The zero-order valence-electron chi connectivity index (χ0n) is 10.9. The van der Waals surface area contributed by atoms with Crippen molar-refractivity contribution < 1.29 is 13.2 Å². The van der Waals surface area contributed by atoms with Gasteiger partial charge in [-0.2, -0.15) is 4.31 Å². The highest BCUT2D eigenvalue weighted by Gasteiger charge is 2.29. The van der Waals surface area contributed by atoms with E-state index in [-0.39, 0.29) is 10.6 Å². The second-order valence-corrected chi connectivity index (χ2v) is 6.04. The number of amides is 2. The third-order valence-corrected chi connectivity index (χ3v) is 4.49. The molecule has 104 valence electrons. The number of carbonyl (C=O) groups is 1. The van der Waals surface area contributed by atoms with Crippen molar-refractivity contribution in [2.75, 3.05) is 4.31 Å². The van der Waals surface area contributed by atoms with E-state index in [1.54, 1.807) is 30.3 Å². The summed E-state index contributed by atoms with van der Waals surface area (Å²) in [5.41, 5.74) is 6.36. The smallest absolute Gasteiger partial charge is 0.333 e. The monoisotopic (exact) mass is 290 g/mol. The summed E-state index contributed by atoms with van der Waals surface area (Å²) in [5, 5.41) is 0. The number of nitrogens with two attached hydrogens (primary N) is 1. The van der Waals surface area contributed by atoms with Crippen molar-refractivity contribution in [1.82, 2.24) is 0 Å². The van der Waals surface area contributed by atoms with Crippen LogP contribution in [0.4, 0.5) is 10.5 Å². The molecule has 0 bridgehead atoms. The zero-order chi connectivity index (χ0) is 14.8. The van der Waals surface area contributed by atoms with E-state index < -0.39 is 16.1 Å². The van der Waals surface area contributed by atoms with Gasteiger partial charge in [-0.1, -0.05) is 35.9 Å². The van der Waals surface area contributed by atoms with Gasteiger partial charge >= 0.3 is 6.03 Å². The van der Waals surface area contributed by atoms with Gasteiger partial charge in [-0.15, -0.1) is 0 Å². The molecule has 0 heterocycles. The zero-order valence-corrected chi connectivity index (χ0v) is 11.7. The molecule has 2 rings (SSSR count). The minimum absolute atomic E-state index is 0.0192. The molecule has 0 aliphatic carbocycles. The van der Waals surface area contributed by atoms with Crippen molar-refractivity contribution in [3.8, 4) is 0 Å². The van der Waals surface area contributed by atoms with E-state index in [9.17, 15) is 13.2 Å². The Morgan fingerprint density at radius 1 is 1.00 bits per heavy atom. The third-order valence-electron chi connectivity index (χ3n) is 2.75. The lowest BCUT2D eigenvalue weighted by atomic mass is 10.2. The lowest BCUT2D eigenvalue weighted by molar-refractivity contribution is 0.257. The van der Waals surface area contributed by atoms with Crippen molar-refractivity contribution in [3.63, 3.8) is 0 Å². The van der Waals surface area contributed by atoms with E-state index in [4.69, 9.17) is 5.73 Å². The largest absolute Gasteiger partial charge is 0.350 e. The number of benzene rings is 2. The third kappa shape index (κ3) is 2.65. The van der Waals surface area contributed by atoms with Gasteiger partial charge in [0.05, 0.1) is 10.6 Å². The topological polar surface area (TPSA) is 80.5 Å². The second kappa shape index (κ2) is 5.34. The summed E-state index contributed by atoms with van der Waals surface area (Å²) in [7, 11) is -4.01. The van der Waals surface area contributed by atoms with Gasteiger partial charge in [0.2, 0.25) is 0 Å². The number of primary amides is 1. The molecular weight excluding hydrogens is 276 g/mol. The Hall–Kier alpha value is -2.34. The first kappa shape index (κ1) is 14.1. The molecule has 0 aromatic heterocycles. The number of nitrogens with zero attached hydrogens (tertiary/aromatic N) is 1. The number of para-hydroxylation sites is 1. The maximum absolute atomic E-state index is 12.5. The molecule has 2 amide bonds. The van der Waals surface area contributed by atoms with Gasteiger partial charge < -0.3 is 5.73 Å². The van der Waals surface area contributed by atoms with Crippen LogP contribution >= 0.6 is 0 Å². The molecule has 5 nitrogen and oxygen atoms in total. The SMILES string of the molecule is Cc1ccc(S(=O)(=O)N(C(N)=O)c2ccccc2)cc1. The number of aryl methyl sites for hydroxylation is 1.